The van der Waals surface area contributed by atoms with Crippen molar-refractivity contribution in [3.8, 4) is 5.69 Å². The Labute approximate surface area is 108 Å². The average molecular weight is 242 g/mol. The maximum Gasteiger partial charge on any atom is 0.0687 e. The molecule has 0 amide bonds. The van der Waals surface area contributed by atoms with Crippen molar-refractivity contribution < 1.29 is 4.74 Å². The van der Waals surface area contributed by atoms with Crippen LogP contribution in [-0.4, -0.2) is 30.9 Å². The van der Waals surface area contributed by atoms with Crippen LogP contribution in [0.2, 0.25) is 0 Å². The Balaban J connectivity index is 2.02. The number of aryl methyl sites for hydroxylation is 1. The van der Waals surface area contributed by atoms with Crippen LogP contribution in [0, 0.1) is 6.92 Å². The third-order valence-electron chi connectivity index (χ3n) is 3.37. The Morgan fingerprint density at radius 3 is 2.44 bits per heavy atom. The Bertz CT molecular complexity index is 513. The highest BCUT2D eigenvalue weighted by atomic mass is 16.5. The molecule has 3 nitrogen and oxygen atoms in total. The molecule has 3 rings (SSSR count). The molecule has 1 aliphatic heterocycles. The molecule has 3 heteroatoms. The number of benzene rings is 1. The molecule has 2 aromatic rings. The van der Waals surface area contributed by atoms with E-state index < -0.39 is 0 Å². The quantitative estimate of drug-likeness (QED) is 0.805. The lowest BCUT2D eigenvalue weighted by Gasteiger charge is -2.30. The van der Waals surface area contributed by atoms with Crippen LogP contribution in [0.3, 0.4) is 0 Å². The van der Waals surface area contributed by atoms with Gasteiger partial charge in [-0.3, -0.25) is 0 Å². The van der Waals surface area contributed by atoms with Gasteiger partial charge in [0.25, 0.3) is 0 Å². The second-order valence-corrected chi connectivity index (χ2v) is 4.68. The summed E-state index contributed by atoms with van der Waals surface area (Å²) in [5.74, 6) is 0. The fraction of sp³-hybridized carbons (Fsp3) is 0.333. The molecule has 0 spiro atoms. The second kappa shape index (κ2) is 4.86. The van der Waals surface area contributed by atoms with E-state index in [1.54, 1.807) is 0 Å². The van der Waals surface area contributed by atoms with E-state index in [0.717, 1.165) is 26.3 Å². The average Bonchev–Trinajstić information content (AvgIpc) is 2.93. The van der Waals surface area contributed by atoms with Gasteiger partial charge in [-0.2, -0.15) is 0 Å². The maximum absolute atomic E-state index is 5.43. The lowest BCUT2D eigenvalue weighted by molar-refractivity contribution is 0.122. The van der Waals surface area contributed by atoms with Crippen LogP contribution < -0.4 is 4.90 Å². The molecule has 1 fully saturated rings. The van der Waals surface area contributed by atoms with Gasteiger partial charge in [0.2, 0.25) is 0 Å². The van der Waals surface area contributed by atoms with E-state index in [9.17, 15) is 0 Å². The first-order valence-corrected chi connectivity index (χ1v) is 6.41. The van der Waals surface area contributed by atoms with Crippen LogP contribution in [0.4, 0.5) is 5.69 Å². The van der Waals surface area contributed by atoms with E-state index in [4.69, 9.17) is 4.74 Å². The molecule has 1 aliphatic rings. The summed E-state index contributed by atoms with van der Waals surface area (Å²) in [6, 6.07) is 10.8. The molecular weight excluding hydrogens is 224 g/mol. The number of hydrogen-bond donors (Lipinski definition) is 0. The van der Waals surface area contributed by atoms with Gasteiger partial charge in [0.15, 0.2) is 0 Å². The second-order valence-electron chi connectivity index (χ2n) is 4.68. The van der Waals surface area contributed by atoms with Crippen LogP contribution >= 0.6 is 0 Å². The zero-order valence-electron chi connectivity index (χ0n) is 10.7. The number of anilines is 1. The predicted octanol–water partition coefficient (Wildman–Crippen LogP) is 2.62. The molecule has 1 aromatic heterocycles. The number of aromatic nitrogens is 1. The lowest BCUT2D eigenvalue weighted by Crippen LogP contribution is -2.36. The molecule has 0 aliphatic carbocycles. The van der Waals surface area contributed by atoms with Gasteiger partial charge in [-0.25, -0.2) is 0 Å². The van der Waals surface area contributed by atoms with Gasteiger partial charge in [-0.05, 0) is 36.8 Å². The fourth-order valence-electron chi connectivity index (χ4n) is 2.41. The van der Waals surface area contributed by atoms with E-state index >= 15 is 0 Å². The van der Waals surface area contributed by atoms with Crippen LogP contribution in [0.5, 0.6) is 0 Å². The molecule has 2 heterocycles. The summed E-state index contributed by atoms with van der Waals surface area (Å²) in [5.41, 5.74) is 3.83. The van der Waals surface area contributed by atoms with Crippen molar-refractivity contribution in [3.05, 3.63) is 48.3 Å². The van der Waals surface area contributed by atoms with Gasteiger partial charge in [-0.15, -0.1) is 0 Å². The molecule has 0 saturated carbocycles. The molecule has 0 unspecified atom stereocenters. The maximum atomic E-state index is 5.43. The monoisotopic (exact) mass is 242 g/mol. The molecule has 0 bridgehead atoms. The summed E-state index contributed by atoms with van der Waals surface area (Å²) in [4.78, 5) is 2.40. The van der Waals surface area contributed by atoms with Crippen LogP contribution in [0.25, 0.3) is 5.69 Å². The summed E-state index contributed by atoms with van der Waals surface area (Å²) in [6.45, 7) is 5.71. The van der Waals surface area contributed by atoms with Crippen LogP contribution in [0.15, 0.2) is 42.7 Å². The Kier molecular flexibility index (Phi) is 3.07. The highest BCUT2D eigenvalue weighted by Gasteiger charge is 2.15. The molecule has 1 saturated heterocycles. The normalized spacial score (nSPS) is 15.9. The molecular formula is C15H18N2O. The zero-order valence-corrected chi connectivity index (χ0v) is 10.7. The van der Waals surface area contributed by atoms with Crippen LogP contribution in [-0.2, 0) is 4.74 Å². The molecule has 0 N–H and O–H groups in total. The zero-order chi connectivity index (χ0) is 12.4. The van der Waals surface area contributed by atoms with Crippen LogP contribution in [0.1, 0.15) is 5.56 Å². The van der Waals surface area contributed by atoms with Gasteiger partial charge in [0.1, 0.15) is 0 Å². The molecule has 18 heavy (non-hydrogen) atoms. The van der Waals surface area contributed by atoms with E-state index in [0.29, 0.717) is 0 Å². The van der Waals surface area contributed by atoms with Crippen molar-refractivity contribution >= 4 is 5.69 Å². The number of hydrogen-bond acceptors (Lipinski definition) is 2. The standard InChI is InChI=1S/C15H18N2O/c1-13-4-5-14(17-8-10-18-11-9-17)15(12-13)16-6-2-3-7-16/h2-7,12H,8-11H2,1H3. The topological polar surface area (TPSA) is 17.4 Å². The predicted molar refractivity (Wildman–Crippen MR) is 73.5 cm³/mol. The molecule has 1 aromatic carbocycles. The lowest BCUT2D eigenvalue weighted by atomic mass is 10.1. The van der Waals surface area contributed by atoms with E-state index in [2.05, 4.69) is 59.1 Å². The fourth-order valence-corrected chi connectivity index (χ4v) is 2.41. The van der Waals surface area contributed by atoms with E-state index in [1.165, 1.54) is 16.9 Å². The van der Waals surface area contributed by atoms with Crippen molar-refractivity contribution in [3.63, 3.8) is 0 Å². The van der Waals surface area contributed by atoms with Gasteiger partial charge in [0.05, 0.1) is 24.6 Å². The molecule has 0 radical (unpaired) electrons. The molecule has 94 valence electrons. The number of rotatable bonds is 2. The summed E-state index contributed by atoms with van der Waals surface area (Å²) >= 11 is 0. The first-order chi connectivity index (χ1) is 8.84. The van der Waals surface area contributed by atoms with Gasteiger partial charge in [-0.1, -0.05) is 6.07 Å². The molecule has 0 atom stereocenters. The van der Waals surface area contributed by atoms with Crippen molar-refractivity contribution in [1.82, 2.24) is 4.57 Å². The Morgan fingerprint density at radius 1 is 1.00 bits per heavy atom. The summed E-state index contributed by atoms with van der Waals surface area (Å²) in [7, 11) is 0. The summed E-state index contributed by atoms with van der Waals surface area (Å²) in [6.07, 6.45) is 4.19. The van der Waals surface area contributed by atoms with Gasteiger partial charge in [0, 0.05) is 25.5 Å². The summed E-state index contributed by atoms with van der Waals surface area (Å²) < 4.78 is 7.61. The SMILES string of the molecule is Cc1ccc(N2CCOCC2)c(-n2cccc2)c1. The minimum absolute atomic E-state index is 0.818. The minimum atomic E-state index is 0.818. The Morgan fingerprint density at radius 2 is 1.72 bits per heavy atom. The van der Waals surface area contributed by atoms with Gasteiger partial charge >= 0.3 is 0 Å². The van der Waals surface area contributed by atoms with Crippen molar-refractivity contribution in [2.45, 2.75) is 6.92 Å². The third-order valence-corrected chi connectivity index (χ3v) is 3.37. The summed E-state index contributed by atoms with van der Waals surface area (Å²) in [5, 5.41) is 0. The third kappa shape index (κ3) is 2.14. The minimum Gasteiger partial charge on any atom is -0.378 e. The van der Waals surface area contributed by atoms with E-state index in [1.807, 2.05) is 0 Å². The van der Waals surface area contributed by atoms with Crippen molar-refractivity contribution in [1.29, 1.82) is 0 Å². The first kappa shape index (κ1) is 11.4. The van der Waals surface area contributed by atoms with Crippen molar-refractivity contribution in [2.75, 3.05) is 31.2 Å². The van der Waals surface area contributed by atoms with E-state index in [-0.39, 0.29) is 0 Å². The highest BCUT2D eigenvalue weighted by molar-refractivity contribution is 5.64. The number of ether oxygens (including phenoxy) is 1. The smallest absolute Gasteiger partial charge is 0.0687 e. The van der Waals surface area contributed by atoms with Crippen molar-refractivity contribution in [2.24, 2.45) is 0 Å². The highest BCUT2D eigenvalue weighted by Crippen LogP contribution is 2.26. The number of morpholine rings is 1. The Hall–Kier alpha value is -1.74. The van der Waals surface area contributed by atoms with Gasteiger partial charge < -0.3 is 14.2 Å². The number of nitrogens with zero attached hydrogens (tertiary/aromatic N) is 2. The first-order valence-electron chi connectivity index (χ1n) is 6.41. The largest absolute Gasteiger partial charge is 0.378 e.